The molecule has 0 saturated carbocycles. The summed E-state index contributed by atoms with van der Waals surface area (Å²) in [7, 11) is 1.66. The number of nitrogens with zero attached hydrogens (tertiary/aromatic N) is 3. The average molecular weight is 368 g/mol. The summed E-state index contributed by atoms with van der Waals surface area (Å²) >= 11 is 1.28. The molecule has 6 nitrogen and oxygen atoms in total. The fourth-order valence-corrected chi connectivity index (χ4v) is 4.71. The maximum absolute atomic E-state index is 13.1. The van der Waals surface area contributed by atoms with Crippen molar-refractivity contribution in [2.75, 3.05) is 13.1 Å². The summed E-state index contributed by atoms with van der Waals surface area (Å²) in [5.74, 6) is 0.0577. The zero-order chi connectivity index (χ0) is 18.4. The van der Waals surface area contributed by atoms with Crippen molar-refractivity contribution in [3.05, 3.63) is 63.0 Å². The van der Waals surface area contributed by atoms with Gasteiger partial charge in [-0.2, -0.15) is 0 Å². The van der Waals surface area contributed by atoms with E-state index in [0.29, 0.717) is 33.7 Å². The number of benzene rings is 1. The van der Waals surface area contributed by atoms with Crippen LogP contribution in [0.5, 0.6) is 0 Å². The van der Waals surface area contributed by atoms with Gasteiger partial charge in [-0.15, -0.1) is 11.3 Å². The first kappa shape index (κ1) is 16.9. The number of thiophene rings is 1. The molecule has 1 aromatic carbocycles. The van der Waals surface area contributed by atoms with Crippen LogP contribution in [0.25, 0.3) is 10.2 Å². The van der Waals surface area contributed by atoms with Crippen molar-refractivity contribution in [2.24, 2.45) is 12.8 Å². The van der Waals surface area contributed by atoms with Crippen LogP contribution in [-0.4, -0.2) is 39.5 Å². The molecule has 0 aliphatic carbocycles. The maximum atomic E-state index is 13.1. The van der Waals surface area contributed by atoms with Crippen molar-refractivity contribution in [1.82, 2.24) is 14.5 Å². The van der Waals surface area contributed by atoms with E-state index in [1.807, 2.05) is 25.1 Å². The zero-order valence-electron chi connectivity index (χ0n) is 14.7. The summed E-state index contributed by atoms with van der Waals surface area (Å²) in [6, 6.07) is 9.96. The number of carbonyl (C=O) groups excluding carboxylic acids is 1. The van der Waals surface area contributed by atoms with Crippen LogP contribution in [0.15, 0.2) is 41.5 Å². The third-order valence-corrected chi connectivity index (χ3v) is 6.27. The molecule has 0 spiro atoms. The molecule has 26 heavy (non-hydrogen) atoms. The van der Waals surface area contributed by atoms with Crippen molar-refractivity contribution in [3.63, 3.8) is 0 Å². The number of amides is 1. The molecule has 1 amide bonds. The predicted octanol–water partition coefficient (Wildman–Crippen LogP) is 1.87. The number of aromatic nitrogens is 2. The van der Waals surface area contributed by atoms with Crippen LogP contribution in [0.3, 0.4) is 0 Å². The third kappa shape index (κ3) is 2.64. The van der Waals surface area contributed by atoms with E-state index in [-0.39, 0.29) is 23.4 Å². The number of likely N-dealkylation sites (tertiary alicyclic amines) is 1. The van der Waals surface area contributed by atoms with Gasteiger partial charge in [0.1, 0.15) is 4.83 Å². The van der Waals surface area contributed by atoms with E-state index in [2.05, 4.69) is 17.1 Å². The van der Waals surface area contributed by atoms with Gasteiger partial charge in [0.15, 0.2) is 0 Å². The molecule has 4 rings (SSSR count). The van der Waals surface area contributed by atoms with Gasteiger partial charge in [0.25, 0.3) is 11.5 Å². The summed E-state index contributed by atoms with van der Waals surface area (Å²) in [5.41, 5.74) is 8.06. The van der Waals surface area contributed by atoms with Crippen LogP contribution in [0.2, 0.25) is 0 Å². The van der Waals surface area contributed by atoms with Gasteiger partial charge in [-0.3, -0.25) is 9.59 Å². The smallest absolute Gasteiger partial charge is 0.264 e. The zero-order valence-corrected chi connectivity index (χ0v) is 15.5. The van der Waals surface area contributed by atoms with Gasteiger partial charge in [0, 0.05) is 32.1 Å². The van der Waals surface area contributed by atoms with E-state index in [1.165, 1.54) is 22.2 Å². The molecule has 3 heterocycles. The molecule has 2 aromatic heterocycles. The highest BCUT2D eigenvalue weighted by molar-refractivity contribution is 7.20. The first-order valence-electron chi connectivity index (χ1n) is 8.52. The maximum Gasteiger partial charge on any atom is 0.264 e. The summed E-state index contributed by atoms with van der Waals surface area (Å²) < 4.78 is 1.44. The van der Waals surface area contributed by atoms with Gasteiger partial charge in [-0.25, -0.2) is 4.98 Å². The molecule has 134 valence electrons. The number of nitrogens with two attached hydrogens (primary N) is 1. The lowest BCUT2D eigenvalue weighted by Crippen LogP contribution is -2.32. The lowest BCUT2D eigenvalue weighted by Gasteiger charge is -2.16. The van der Waals surface area contributed by atoms with E-state index in [0.717, 1.165) is 5.56 Å². The highest BCUT2D eigenvalue weighted by Gasteiger charge is 2.35. The Morgan fingerprint density at radius 3 is 2.73 bits per heavy atom. The molecular formula is C19H20N4O2S. The summed E-state index contributed by atoms with van der Waals surface area (Å²) in [6.07, 6.45) is 1.49. The minimum absolute atomic E-state index is 0.0681. The van der Waals surface area contributed by atoms with Gasteiger partial charge in [-0.05, 0) is 18.1 Å². The van der Waals surface area contributed by atoms with Gasteiger partial charge in [0.05, 0.1) is 16.6 Å². The van der Waals surface area contributed by atoms with E-state index in [4.69, 9.17) is 5.73 Å². The Balaban J connectivity index is 1.67. The molecule has 1 aliphatic rings. The third-order valence-electron chi connectivity index (χ3n) is 5.08. The first-order chi connectivity index (χ1) is 12.5. The fourth-order valence-electron chi connectivity index (χ4n) is 3.60. The monoisotopic (exact) mass is 368 g/mol. The molecule has 7 heteroatoms. The van der Waals surface area contributed by atoms with Crippen molar-refractivity contribution >= 4 is 27.5 Å². The van der Waals surface area contributed by atoms with Gasteiger partial charge >= 0.3 is 0 Å². The summed E-state index contributed by atoms with van der Waals surface area (Å²) in [6.45, 7) is 2.92. The van der Waals surface area contributed by atoms with Crippen molar-refractivity contribution < 1.29 is 4.79 Å². The van der Waals surface area contributed by atoms with E-state index in [9.17, 15) is 9.59 Å². The molecule has 0 radical (unpaired) electrons. The average Bonchev–Trinajstić information content (AvgIpc) is 3.19. The molecule has 0 bridgehead atoms. The van der Waals surface area contributed by atoms with Crippen LogP contribution >= 0.6 is 11.3 Å². The Hall–Kier alpha value is -2.51. The molecule has 2 unspecified atom stereocenters. The second-order valence-electron chi connectivity index (χ2n) is 6.79. The first-order valence-corrected chi connectivity index (χ1v) is 9.33. The van der Waals surface area contributed by atoms with Crippen LogP contribution < -0.4 is 11.3 Å². The number of hydrogen-bond acceptors (Lipinski definition) is 5. The lowest BCUT2D eigenvalue weighted by molar-refractivity contribution is 0.0793. The molecule has 1 fully saturated rings. The Labute approximate surface area is 154 Å². The van der Waals surface area contributed by atoms with Crippen molar-refractivity contribution in [1.29, 1.82) is 0 Å². The van der Waals surface area contributed by atoms with Crippen LogP contribution in [0.1, 0.15) is 26.7 Å². The number of carbonyl (C=O) groups is 1. The largest absolute Gasteiger partial charge is 0.336 e. The molecular weight excluding hydrogens is 348 g/mol. The lowest BCUT2D eigenvalue weighted by atomic mass is 9.95. The number of aryl methyl sites for hydroxylation is 2. The van der Waals surface area contributed by atoms with E-state index in [1.54, 1.807) is 11.9 Å². The molecule has 1 aliphatic heterocycles. The number of fused-ring (bicyclic) bond motifs is 1. The summed E-state index contributed by atoms with van der Waals surface area (Å²) in [4.78, 5) is 32.8. The highest BCUT2D eigenvalue weighted by atomic mass is 32.1. The minimum Gasteiger partial charge on any atom is -0.336 e. The van der Waals surface area contributed by atoms with Crippen molar-refractivity contribution in [2.45, 2.75) is 18.9 Å². The molecule has 2 N–H and O–H groups in total. The fraction of sp³-hybridized carbons (Fsp3) is 0.316. The van der Waals surface area contributed by atoms with Gasteiger partial charge < -0.3 is 15.2 Å². The van der Waals surface area contributed by atoms with Crippen molar-refractivity contribution in [3.8, 4) is 0 Å². The summed E-state index contributed by atoms with van der Waals surface area (Å²) in [5, 5.41) is 0.534. The molecule has 3 aromatic rings. The highest BCUT2D eigenvalue weighted by Crippen LogP contribution is 2.32. The second-order valence-corrected chi connectivity index (χ2v) is 7.79. The second kappa shape index (κ2) is 6.34. The Kier molecular flexibility index (Phi) is 4.13. The standard InChI is InChI=1S/C19H20N4O2S/c1-11-15-17(21-10-22(2)18(15)24)26-16(11)19(25)23-8-13(14(20)9-23)12-6-4-3-5-7-12/h3-7,10,13-14H,8-9,20H2,1-2H3. The minimum atomic E-state index is -0.122. The van der Waals surface area contributed by atoms with Gasteiger partial charge in [0.2, 0.25) is 0 Å². The van der Waals surface area contributed by atoms with E-state index < -0.39 is 0 Å². The SMILES string of the molecule is Cc1c(C(=O)N2CC(N)C(c3ccccc3)C2)sc2ncn(C)c(=O)c12. The van der Waals surface area contributed by atoms with Gasteiger partial charge in [-0.1, -0.05) is 30.3 Å². The topological polar surface area (TPSA) is 81.2 Å². The van der Waals surface area contributed by atoms with Crippen LogP contribution in [0, 0.1) is 6.92 Å². The molecule has 1 saturated heterocycles. The number of hydrogen-bond donors (Lipinski definition) is 1. The Morgan fingerprint density at radius 2 is 2.00 bits per heavy atom. The number of rotatable bonds is 2. The Morgan fingerprint density at radius 1 is 1.27 bits per heavy atom. The predicted molar refractivity (Wildman–Crippen MR) is 103 cm³/mol. The normalized spacial score (nSPS) is 20.0. The van der Waals surface area contributed by atoms with E-state index >= 15 is 0 Å². The Bertz CT molecular complexity index is 1040. The van der Waals surface area contributed by atoms with Crippen LogP contribution in [-0.2, 0) is 7.05 Å². The molecule has 2 atom stereocenters. The van der Waals surface area contributed by atoms with Crippen LogP contribution in [0.4, 0.5) is 0 Å². The quantitative estimate of drug-likeness (QED) is 0.749.